The summed E-state index contributed by atoms with van der Waals surface area (Å²) in [5, 5.41) is 20.8. The Kier molecular flexibility index (Phi) is 6.92. The van der Waals surface area contributed by atoms with Crippen molar-refractivity contribution in [1.29, 1.82) is 0 Å². The van der Waals surface area contributed by atoms with Crippen molar-refractivity contribution in [2.75, 3.05) is 0 Å². The van der Waals surface area contributed by atoms with E-state index in [0.29, 0.717) is 17.8 Å². The van der Waals surface area contributed by atoms with Gasteiger partial charge in [-0.3, -0.25) is 9.98 Å². The van der Waals surface area contributed by atoms with Gasteiger partial charge in [-0.15, -0.1) is 0 Å². The molecule has 2 aromatic carbocycles. The van der Waals surface area contributed by atoms with Gasteiger partial charge in [-0.25, -0.2) is 0 Å². The van der Waals surface area contributed by atoms with Crippen LogP contribution in [0, 0.1) is 17.8 Å². The smallest absolute Gasteiger partial charge is 0.124 e. The van der Waals surface area contributed by atoms with Crippen LogP contribution in [0.5, 0.6) is 11.5 Å². The van der Waals surface area contributed by atoms with Gasteiger partial charge in [0.25, 0.3) is 0 Å². The van der Waals surface area contributed by atoms with E-state index in [1.807, 2.05) is 24.6 Å². The third-order valence-corrected chi connectivity index (χ3v) is 7.13. The van der Waals surface area contributed by atoms with Gasteiger partial charge in [-0.1, -0.05) is 39.8 Å². The minimum absolute atomic E-state index is 0.113. The summed E-state index contributed by atoms with van der Waals surface area (Å²) in [5.74, 6) is 2.35. The van der Waals surface area contributed by atoms with Gasteiger partial charge in [-0.2, -0.15) is 0 Å². The van der Waals surface area contributed by atoms with E-state index >= 15 is 0 Å². The second kappa shape index (κ2) is 9.70. The van der Waals surface area contributed by atoms with Gasteiger partial charge < -0.3 is 10.2 Å². The molecule has 176 valence electrons. The second-order valence-corrected chi connectivity index (χ2v) is 11.0. The Hall–Kier alpha value is -2.62. The first-order valence-corrected chi connectivity index (χ1v) is 12.5. The molecule has 2 aliphatic rings. The van der Waals surface area contributed by atoms with Crippen molar-refractivity contribution in [1.82, 2.24) is 0 Å². The predicted molar refractivity (Wildman–Crippen MR) is 137 cm³/mol. The van der Waals surface area contributed by atoms with E-state index in [0.717, 1.165) is 43.2 Å². The van der Waals surface area contributed by atoms with E-state index in [-0.39, 0.29) is 23.1 Å². The summed E-state index contributed by atoms with van der Waals surface area (Å²) in [6.45, 7) is 8.81. The number of hydrogen-bond donors (Lipinski definition) is 2. The van der Waals surface area contributed by atoms with Gasteiger partial charge >= 0.3 is 0 Å². The van der Waals surface area contributed by atoms with E-state index in [2.05, 4.69) is 39.8 Å². The molecule has 4 nitrogen and oxygen atoms in total. The number of aliphatic imine (C=N–C) groups is 2. The molecule has 0 aromatic heterocycles. The molecule has 2 bridgehead atoms. The van der Waals surface area contributed by atoms with Crippen molar-refractivity contribution in [3.8, 4) is 11.5 Å². The molecule has 4 heteroatoms. The van der Waals surface area contributed by atoms with Crippen molar-refractivity contribution in [2.45, 2.75) is 77.8 Å². The molecule has 2 fully saturated rings. The fourth-order valence-electron chi connectivity index (χ4n) is 5.58. The molecule has 0 amide bonds. The molecular weight excluding hydrogens is 408 g/mol. The Labute approximate surface area is 198 Å². The lowest BCUT2D eigenvalue weighted by molar-refractivity contribution is 0.367. The fourth-order valence-corrected chi connectivity index (χ4v) is 5.58. The summed E-state index contributed by atoms with van der Waals surface area (Å²) < 4.78 is 0. The van der Waals surface area contributed by atoms with Crippen LogP contribution in [0.25, 0.3) is 0 Å². The van der Waals surface area contributed by atoms with Crippen molar-refractivity contribution < 1.29 is 10.2 Å². The summed E-state index contributed by atoms with van der Waals surface area (Å²) in [6, 6.07) is 11.8. The van der Waals surface area contributed by atoms with E-state index in [1.165, 1.54) is 17.5 Å². The van der Waals surface area contributed by atoms with Gasteiger partial charge in [0.05, 0.1) is 11.6 Å². The zero-order valence-electron chi connectivity index (χ0n) is 20.5. The van der Waals surface area contributed by atoms with E-state index in [4.69, 9.17) is 9.98 Å². The molecule has 2 N–H and O–H groups in total. The number of nitrogens with zero attached hydrogens (tertiary/aromatic N) is 2. The highest BCUT2D eigenvalue weighted by atomic mass is 16.3. The minimum atomic E-state index is -0.202. The van der Waals surface area contributed by atoms with Gasteiger partial charge in [-0.05, 0) is 91.7 Å². The molecule has 3 atom stereocenters. The zero-order valence-corrected chi connectivity index (χ0v) is 20.5. The van der Waals surface area contributed by atoms with Crippen LogP contribution < -0.4 is 0 Å². The first-order chi connectivity index (χ1) is 15.7. The quantitative estimate of drug-likeness (QED) is 0.464. The molecular formula is C29H38N2O2. The minimum Gasteiger partial charge on any atom is -0.507 e. The van der Waals surface area contributed by atoms with Crippen LogP contribution in [-0.4, -0.2) is 34.2 Å². The third-order valence-electron chi connectivity index (χ3n) is 7.13. The highest BCUT2D eigenvalue weighted by Gasteiger charge is 2.52. The van der Waals surface area contributed by atoms with Gasteiger partial charge in [0.1, 0.15) is 11.5 Å². The van der Waals surface area contributed by atoms with E-state index in [1.54, 1.807) is 12.1 Å². The zero-order chi connectivity index (χ0) is 23.6. The van der Waals surface area contributed by atoms with Gasteiger partial charge in [0, 0.05) is 23.6 Å². The lowest BCUT2D eigenvalue weighted by Crippen LogP contribution is -2.34. The Morgan fingerprint density at radius 3 is 2.03 bits per heavy atom. The number of aromatic hydroxyl groups is 2. The van der Waals surface area contributed by atoms with Gasteiger partial charge in [0.15, 0.2) is 0 Å². The average molecular weight is 447 g/mol. The monoisotopic (exact) mass is 446 g/mol. The number of hydrogen-bond acceptors (Lipinski definition) is 4. The van der Waals surface area contributed by atoms with Crippen LogP contribution in [0.2, 0.25) is 0 Å². The number of fused-ring (bicyclic) bond motifs is 2. The van der Waals surface area contributed by atoms with E-state index in [9.17, 15) is 10.2 Å². The second-order valence-electron chi connectivity index (χ2n) is 11.0. The number of rotatable bonds is 8. The van der Waals surface area contributed by atoms with Crippen LogP contribution in [0.4, 0.5) is 0 Å². The molecule has 0 spiro atoms. The largest absolute Gasteiger partial charge is 0.507 e. The van der Waals surface area contributed by atoms with Crippen molar-refractivity contribution in [3.05, 3.63) is 58.7 Å². The molecule has 0 heterocycles. The maximum atomic E-state index is 10.4. The average Bonchev–Trinajstić information content (AvgIpc) is 3.32. The first kappa shape index (κ1) is 23.5. The number of phenols is 2. The third kappa shape index (κ3) is 5.48. The molecule has 2 aliphatic carbocycles. The Morgan fingerprint density at radius 2 is 1.48 bits per heavy atom. The lowest BCUT2D eigenvalue weighted by Gasteiger charge is -2.28. The van der Waals surface area contributed by atoms with Crippen molar-refractivity contribution in [3.63, 3.8) is 0 Å². The normalized spacial score (nSPS) is 24.8. The highest BCUT2D eigenvalue weighted by Crippen LogP contribution is 2.51. The molecule has 2 saturated carbocycles. The lowest BCUT2D eigenvalue weighted by atomic mass is 9.89. The fraction of sp³-hybridized carbons (Fsp3) is 0.517. The molecule has 33 heavy (non-hydrogen) atoms. The maximum absolute atomic E-state index is 10.4. The van der Waals surface area contributed by atoms with Crippen LogP contribution in [-0.2, 0) is 12.8 Å². The first-order valence-electron chi connectivity index (χ1n) is 12.5. The highest BCUT2D eigenvalue weighted by molar-refractivity contribution is 5.85. The SMILES string of the molecule is CC(C)Cc1ccc(O)c(C=NC2CC3CCC2(N=Cc2cc(CC(C)C)ccc2O)C3)c1. The summed E-state index contributed by atoms with van der Waals surface area (Å²) in [6.07, 6.45) is 10.0. The Bertz CT molecular complexity index is 1040. The van der Waals surface area contributed by atoms with Crippen LogP contribution >= 0.6 is 0 Å². The number of phenolic OH excluding ortho intramolecular Hbond substituents is 2. The topological polar surface area (TPSA) is 65.2 Å². The van der Waals surface area contributed by atoms with Gasteiger partial charge in [0.2, 0.25) is 0 Å². The summed E-state index contributed by atoms with van der Waals surface area (Å²) in [5.41, 5.74) is 3.83. The van der Waals surface area contributed by atoms with Crippen LogP contribution in [0.1, 0.15) is 75.6 Å². The summed E-state index contributed by atoms with van der Waals surface area (Å²) in [7, 11) is 0. The molecule has 0 saturated heterocycles. The van der Waals surface area contributed by atoms with Crippen LogP contribution in [0.3, 0.4) is 0 Å². The van der Waals surface area contributed by atoms with Crippen LogP contribution in [0.15, 0.2) is 46.4 Å². The molecule has 2 aromatic rings. The predicted octanol–water partition coefficient (Wildman–Crippen LogP) is 6.34. The molecule has 0 radical (unpaired) electrons. The van der Waals surface area contributed by atoms with Crippen molar-refractivity contribution >= 4 is 12.4 Å². The Balaban J connectivity index is 1.56. The molecule has 3 unspecified atom stereocenters. The standard InChI is InChI=1S/C29H38N2O2/c1-19(2)11-21-5-7-26(32)24(13-21)17-30-28-15-23-9-10-29(28,16-23)31-18-25-14-22(12-20(3)4)6-8-27(25)33/h5-8,13-14,17-20,23,28,32-33H,9-12,15-16H2,1-4H3. The van der Waals surface area contributed by atoms with E-state index < -0.39 is 0 Å². The molecule has 0 aliphatic heterocycles. The maximum Gasteiger partial charge on any atom is 0.124 e. The van der Waals surface area contributed by atoms with Crippen molar-refractivity contribution in [2.24, 2.45) is 27.7 Å². The molecule has 4 rings (SSSR count). The summed E-state index contributed by atoms with van der Waals surface area (Å²) >= 11 is 0. The number of benzene rings is 2. The Morgan fingerprint density at radius 1 is 0.909 bits per heavy atom. The summed E-state index contributed by atoms with van der Waals surface area (Å²) in [4.78, 5) is 10.0.